The maximum Gasteiger partial charge on any atom is 0.0912 e. The molecule has 1 aliphatic carbocycles. The summed E-state index contributed by atoms with van der Waals surface area (Å²) in [6.07, 6.45) is 3.21. The van der Waals surface area contributed by atoms with Crippen molar-refractivity contribution >= 4 is 0 Å². The highest BCUT2D eigenvalue weighted by atomic mass is 16.3. The first-order chi connectivity index (χ1) is 7.22. The molecule has 15 heavy (non-hydrogen) atoms. The van der Waals surface area contributed by atoms with Crippen LogP contribution in [0.3, 0.4) is 0 Å². The lowest BCUT2D eigenvalue weighted by Crippen LogP contribution is -2.13. The van der Waals surface area contributed by atoms with Gasteiger partial charge in [0.1, 0.15) is 0 Å². The maximum atomic E-state index is 9.69. The Labute approximate surface area is 91.1 Å². The Bertz CT molecular complexity index is 348. The molecule has 0 aromatic heterocycles. The van der Waals surface area contributed by atoms with E-state index in [4.69, 9.17) is 5.73 Å². The molecule has 0 spiro atoms. The van der Waals surface area contributed by atoms with Gasteiger partial charge in [0.2, 0.25) is 0 Å². The molecule has 0 saturated heterocycles. The van der Waals surface area contributed by atoms with Crippen LogP contribution in [-0.2, 0) is 6.42 Å². The number of rotatable bonds is 2. The molecular formula is C13H19NO. The number of fused-ring (bicyclic) bond motifs is 1. The Morgan fingerprint density at radius 2 is 2.33 bits per heavy atom. The van der Waals surface area contributed by atoms with Gasteiger partial charge in [0, 0.05) is 6.54 Å². The predicted molar refractivity (Wildman–Crippen MR) is 61.8 cm³/mol. The van der Waals surface area contributed by atoms with E-state index in [1.165, 1.54) is 30.4 Å². The summed E-state index contributed by atoms with van der Waals surface area (Å²) in [5.74, 6) is 0.624. The molecular weight excluding hydrogens is 186 g/mol. The molecule has 0 heterocycles. The Kier molecular flexibility index (Phi) is 3.08. The molecule has 0 saturated carbocycles. The zero-order chi connectivity index (χ0) is 10.8. The van der Waals surface area contributed by atoms with Crippen LogP contribution in [0.2, 0.25) is 0 Å². The largest absolute Gasteiger partial charge is 0.387 e. The summed E-state index contributed by atoms with van der Waals surface area (Å²) >= 11 is 0. The number of hydrogen-bond acceptors (Lipinski definition) is 2. The molecule has 3 N–H and O–H groups in total. The third-order valence-electron chi connectivity index (χ3n) is 3.39. The monoisotopic (exact) mass is 205 g/mol. The van der Waals surface area contributed by atoms with Crippen LogP contribution in [0.1, 0.15) is 48.5 Å². The molecule has 0 radical (unpaired) electrons. The average molecular weight is 205 g/mol. The molecule has 1 aromatic carbocycles. The molecule has 1 aromatic rings. The second-order valence-corrected chi connectivity index (χ2v) is 4.50. The summed E-state index contributed by atoms with van der Waals surface area (Å²) in [6, 6.07) is 6.30. The van der Waals surface area contributed by atoms with Crippen LogP contribution in [0.5, 0.6) is 0 Å². The minimum atomic E-state index is -0.510. The van der Waals surface area contributed by atoms with E-state index in [1.54, 1.807) is 0 Å². The lowest BCUT2D eigenvalue weighted by Gasteiger charge is -2.23. The fourth-order valence-electron chi connectivity index (χ4n) is 2.40. The first kappa shape index (κ1) is 10.7. The summed E-state index contributed by atoms with van der Waals surface area (Å²) in [7, 11) is 0. The first-order valence-corrected chi connectivity index (χ1v) is 5.73. The summed E-state index contributed by atoms with van der Waals surface area (Å²) in [5, 5.41) is 9.69. The van der Waals surface area contributed by atoms with Crippen LogP contribution < -0.4 is 5.73 Å². The Morgan fingerprint density at radius 1 is 1.53 bits per heavy atom. The Hall–Kier alpha value is -0.860. The van der Waals surface area contributed by atoms with Crippen molar-refractivity contribution in [1.29, 1.82) is 0 Å². The molecule has 2 heteroatoms. The molecule has 1 aliphatic rings. The second-order valence-electron chi connectivity index (χ2n) is 4.50. The number of hydrogen-bond donors (Lipinski definition) is 2. The highest BCUT2D eigenvalue weighted by Gasteiger charge is 2.17. The van der Waals surface area contributed by atoms with E-state index in [0.717, 1.165) is 5.56 Å². The van der Waals surface area contributed by atoms with Crippen LogP contribution in [-0.4, -0.2) is 11.7 Å². The van der Waals surface area contributed by atoms with E-state index in [9.17, 15) is 5.11 Å². The van der Waals surface area contributed by atoms with Gasteiger partial charge in [0.15, 0.2) is 0 Å². The number of benzene rings is 1. The fourth-order valence-corrected chi connectivity index (χ4v) is 2.40. The van der Waals surface area contributed by atoms with Gasteiger partial charge in [-0.1, -0.05) is 25.1 Å². The van der Waals surface area contributed by atoms with Gasteiger partial charge in [-0.05, 0) is 41.9 Å². The molecule has 2 unspecified atom stereocenters. The third-order valence-corrected chi connectivity index (χ3v) is 3.39. The highest BCUT2D eigenvalue weighted by molar-refractivity contribution is 5.37. The van der Waals surface area contributed by atoms with Crippen molar-refractivity contribution in [2.75, 3.05) is 6.54 Å². The van der Waals surface area contributed by atoms with Crippen molar-refractivity contribution < 1.29 is 5.11 Å². The van der Waals surface area contributed by atoms with Gasteiger partial charge in [0.25, 0.3) is 0 Å². The van der Waals surface area contributed by atoms with Crippen molar-refractivity contribution in [2.45, 2.75) is 38.2 Å². The lowest BCUT2D eigenvalue weighted by molar-refractivity contribution is 0.186. The van der Waals surface area contributed by atoms with Crippen molar-refractivity contribution in [3.05, 3.63) is 34.9 Å². The highest BCUT2D eigenvalue weighted by Crippen LogP contribution is 2.32. The normalized spacial score (nSPS) is 22.2. The quantitative estimate of drug-likeness (QED) is 0.777. The molecule has 0 bridgehead atoms. The first-order valence-electron chi connectivity index (χ1n) is 5.73. The number of aryl methyl sites for hydroxylation is 1. The van der Waals surface area contributed by atoms with Gasteiger partial charge in [0.05, 0.1) is 6.10 Å². The smallest absolute Gasteiger partial charge is 0.0912 e. The molecule has 2 atom stereocenters. The standard InChI is InChI=1S/C13H19NO/c1-9-3-2-4-10-5-6-11(7-12(9)10)13(15)8-14/h5-7,9,13,15H,2-4,8,14H2,1H3. The summed E-state index contributed by atoms with van der Waals surface area (Å²) in [4.78, 5) is 0. The average Bonchev–Trinajstić information content (AvgIpc) is 2.28. The lowest BCUT2D eigenvalue weighted by atomic mass is 9.82. The topological polar surface area (TPSA) is 46.2 Å². The zero-order valence-corrected chi connectivity index (χ0v) is 9.24. The van der Waals surface area contributed by atoms with Gasteiger partial charge in [-0.3, -0.25) is 0 Å². The molecule has 82 valence electrons. The Morgan fingerprint density at radius 3 is 3.07 bits per heavy atom. The minimum Gasteiger partial charge on any atom is -0.387 e. The summed E-state index contributed by atoms with van der Waals surface area (Å²) in [5.41, 5.74) is 9.28. The van der Waals surface area contributed by atoms with E-state index in [-0.39, 0.29) is 0 Å². The van der Waals surface area contributed by atoms with Crippen LogP contribution in [0.15, 0.2) is 18.2 Å². The van der Waals surface area contributed by atoms with Crippen LogP contribution in [0.4, 0.5) is 0 Å². The number of nitrogens with two attached hydrogens (primary N) is 1. The van der Waals surface area contributed by atoms with Gasteiger partial charge in [-0.2, -0.15) is 0 Å². The van der Waals surface area contributed by atoms with Crippen molar-refractivity contribution in [1.82, 2.24) is 0 Å². The maximum absolute atomic E-state index is 9.69. The predicted octanol–water partition coefficient (Wildman–Crippen LogP) is 2.12. The van der Waals surface area contributed by atoms with Crippen molar-refractivity contribution in [2.24, 2.45) is 5.73 Å². The van der Waals surface area contributed by atoms with E-state index in [2.05, 4.69) is 19.1 Å². The van der Waals surface area contributed by atoms with Gasteiger partial charge in [-0.25, -0.2) is 0 Å². The van der Waals surface area contributed by atoms with E-state index in [1.807, 2.05) is 6.07 Å². The van der Waals surface area contributed by atoms with E-state index >= 15 is 0 Å². The molecule has 2 rings (SSSR count). The van der Waals surface area contributed by atoms with Crippen molar-refractivity contribution in [3.63, 3.8) is 0 Å². The van der Waals surface area contributed by atoms with Crippen LogP contribution in [0, 0.1) is 0 Å². The summed E-state index contributed by atoms with van der Waals surface area (Å²) in [6.45, 7) is 2.56. The molecule has 0 amide bonds. The second kappa shape index (κ2) is 4.33. The van der Waals surface area contributed by atoms with Crippen LogP contribution >= 0.6 is 0 Å². The van der Waals surface area contributed by atoms with E-state index in [0.29, 0.717) is 12.5 Å². The number of aliphatic hydroxyl groups excluding tert-OH is 1. The zero-order valence-electron chi connectivity index (χ0n) is 9.24. The van der Waals surface area contributed by atoms with Gasteiger partial charge < -0.3 is 10.8 Å². The van der Waals surface area contributed by atoms with Crippen LogP contribution in [0.25, 0.3) is 0 Å². The Balaban J connectivity index is 2.35. The molecule has 0 fully saturated rings. The van der Waals surface area contributed by atoms with E-state index < -0.39 is 6.10 Å². The van der Waals surface area contributed by atoms with Gasteiger partial charge in [-0.15, -0.1) is 0 Å². The summed E-state index contributed by atoms with van der Waals surface area (Å²) < 4.78 is 0. The minimum absolute atomic E-state index is 0.299. The number of aliphatic hydroxyl groups is 1. The van der Waals surface area contributed by atoms with Crippen molar-refractivity contribution in [3.8, 4) is 0 Å². The SMILES string of the molecule is CC1CCCc2ccc(C(O)CN)cc21. The van der Waals surface area contributed by atoms with Gasteiger partial charge >= 0.3 is 0 Å². The fraction of sp³-hybridized carbons (Fsp3) is 0.538. The molecule has 0 aliphatic heterocycles. The third kappa shape index (κ3) is 2.06. The molecule has 2 nitrogen and oxygen atoms in total.